The minimum Gasteiger partial charge on any atom is -0.276 e. The minimum absolute atomic E-state index is 0.0309. The molecule has 2 heterocycles. The van der Waals surface area contributed by atoms with Crippen LogP contribution in [0.15, 0.2) is 47.3 Å². The summed E-state index contributed by atoms with van der Waals surface area (Å²) >= 11 is 0. The van der Waals surface area contributed by atoms with E-state index in [0.29, 0.717) is 11.5 Å². The van der Waals surface area contributed by atoms with Gasteiger partial charge in [0, 0.05) is 12.5 Å². The van der Waals surface area contributed by atoms with E-state index in [1.807, 2.05) is 0 Å². The number of hydrogen-bond acceptors (Lipinski definition) is 2. The molecule has 108 valence electrons. The number of H-pyrrole nitrogens is 1. The van der Waals surface area contributed by atoms with Crippen molar-refractivity contribution in [3.63, 3.8) is 0 Å². The van der Waals surface area contributed by atoms with Crippen LogP contribution in [0.3, 0.4) is 0 Å². The van der Waals surface area contributed by atoms with Crippen LogP contribution in [0, 0.1) is 0 Å². The zero-order valence-electron chi connectivity index (χ0n) is 10.7. The molecule has 0 aliphatic heterocycles. The van der Waals surface area contributed by atoms with Gasteiger partial charge in [0.2, 0.25) is 0 Å². The summed E-state index contributed by atoms with van der Waals surface area (Å²) < 4.78 is 40.0. The van der Waals surface area contributed by atoms with Gasteiger partial charge in [0.05, 0.1) is 5.56 Å². The summed E-state index contributed by atoms with van der Waals surface area (Å²) in [7, 11) is 0. The van der Waals surface area contributed by atoms with Crippen LogP contribution in [0.2, 0.25) is 0 Å². The first-order valence-corrected chi connectivity index (χ1v) is 6.17. The second-order valence-electron chi connectivity index (χ2n) is 4.56. The van der Waals surface area contributed by atoms with Gasteiger partial charge in [-0.3, -0.25) is 9.89 Å². The van der Waals surface area contributed by atoms with Gasteiger partial charge in [0.15, 0.2) is 5.65 Å². The predicted octanol–water partition coefficient (Wildman–Crippen LogP) is 2.63. The van der Waals surface area contributed by atoms with E-state index in [1.54, 1.807) is 18.2 Å². The number of halogens is 3. The van der Waals surface area contributed by atoms with Crippen LogP contribution >= 0.6 is 0 Å². The number of pyridine rings is 1. The second kappa shape index (κ2) is 4.76. The predicted molar refractivity (Wildman–Crippen MR) is 70.1 cm³/mol. The lowest BCUT2D eigenvalue weighted by Gasteiger charge is -2.11. The summed E-state index contributed by atoms with van der Waals surface area (Å²) in [5.41, 5.74) is -0.521. The Morgan fingerprint density at radius 3 is 2.57 bits per heavy atom. The van der Waals surface area contributed by atoms with E-state index in [4.69, 9.17) is 0 Å². The molecule has 21 heavy (non-hydrogen) atoms. The summed E-state index contributed by atoms with van der Waals surface area (Å²) in [6.07, 6.45) is -4.45. The first kappa shape index (κ1) is 13.4. The Bertz CT molecular complexity index is 848. The maximum Gasteiger partial charge on any atom is 0.416 e. The molecule has 0 radical (unpaired) electrons. The van der Waals surface area contributed by atoms with Gasteiger partial charge in [-0.05, 0) is 17.7 Å². The molecule has 2 aromatic heterocycles. The van der Waals surface area contributed by atoms with E-state index in [1.165, 1.54) is 22.7 Å². The molecule has 0 fully saturated rings. The van der Waals surface area contributed by atoms with Crippen molar-refractivity contribution < 1.29 is 13.2 Å². The number of nitrogens with one attached hydrogen (secondary N) is 1. The number of benzene rings is 1. The van der Waals surface area contributed by atoms with Crippen molar-refractivity contribution in [1.82, 2.24) is 14.6 Å². The van der Waals surface area contributed by atoms with Gasteiger partial charge in [-0.15, -0.1) is 0 Å². The van der Waals surface area contributed by atoms with Gasteiger partial charge in [0.25, 0.3) is 5.56 Å². The van der Waals surface area contributed by atoms with Crippen molar-refractivity contribution in [3.05, 3.63) is 69.8 Å². The molecular formula is C14H10F3N3O. The number of aromatic amines is 1. The Hall–Kier alpha value is -2.57. The summed E-state index contributed by atoms with van der Waals surface area (Å²) in [6, 6.07) is 9.82. The molecule has 4 nitrogen and oxygen atoms in total. The fraction of sp³-hybridized carbons (Fsp3) is 0.143. The number of hydrogen-bond donors (Lipinski definition) is 1. The smallest absolute Gasteiger partial charge is 0.276 e. The SMILES string of the molecule is O=c1cccc2nc(Cc3ccccc3C(F)(F)F)[nH]n12. The van der Waals surface area contributed by atoms with Crippen LogP contribution in [0.5, 0.6) is 0 Å². The highest BCUT2D eigenvalue weighted by Crippen LogP contribution is 2.32. The highest BCUT2D eigenvalue weighted by molar-refractivity contribution is 5.38. The Morgan fingerprint density at radius 1 is 1.10 bits per heavy atom. The topological polar surface area (TPSA) is 50.2 Å². The summed E-state index contributed by atoms with van der Waals surface area (Å²) in [5.74, 6) is 0.301. The molecule has 1 aromatic carbocycles. The van der Waals surface area contributed by atoms with Gasteiger partial charge in [-0.1, -0.05) is 24.3 Å². The monoisotopic (exact) mass is 293 g/mol. The highest BCUT2D eigenvalue weighted by atomic mass is 19.4. The minimum atomic E-state index is -4.42. The molecular weight excluding hydrogens is 283 g/mol. The van der Waals surface area contributed by atoms with Gasteiger partial charge in [-0.25, -0.2) is 9.50 Å². The zero-order chi connectivity index (χ0) is 15.0. The van der Waals surface area contributed by atoms with Crippen LogP contribution in [0.25, 0.3) is 5.65 Å². The van der Waals surface area contributed by atoms with Crippen LogP contribution in [-0.2, 0) is 12.6 Å². The average Bonchev–Trinajstić information content (AvgIpc) is 2.82. The number of alkyl halides is 3. The van der Waals surface area contributed by atoms with Crippen molar-refractivity contribution in [2.75, 3.05) is 0 Å². The third kappa shape index (κ3) is 2.54. The Labute approximate surface area is 116 Å². The molecule has 0 amide bonds. The standard InChI is InChI=1S/C14H10F3N3O/c15-14(16,17)10-5-2-1-4-9(10)8-11-18-12-6-3-7-13(21)20(12)19-11/h1-7H,8H2,(H,18,19). The quantitative estimate of drug-likeness (QED) is 0.789. The zero-order valence-corrected chi connectivity index (χ0v) is 10.7. The Morgan fingerprint density at radius 2 is 1.86 bits per heavy atom. The molecule has 7 heteroatoms. The second-order valence-corrected chi connectivity index (χ2v) is 4.56. The van der Waals surface area contributed by atoms with Crippen LogP contribution in [0.4, 0.5) is 13.2 Å². The molecule has 1 N–H and O–H groups in total. The first-order valence-electron chi connectivity index (χ1n) is 6.17. The molecule has 3 rings (SSSR count). The van der Waals surface area contributed by atoms with E-state index >= 15 is 0 Å². The maximum atomic E-state index is 12.9. The lowest BCUT2D eigenvalue weighted by Crippen LogP contribution is -2.12. The lowest BCUT2D eigenvalue weighted by atomic mass is 10.0. The fourth-order valence-electron chi connectivity index (χ4n) is 2.18. The van der Waals surface area contributed by atoms with Gasteiger partial charge < -0.3 is 0 Å². The van der Waals surface area contributed by atoms with E-state index in [0.717, 1.165) is 6.07 Å². The third-order valence-electron chi connectivity index (χ3n) is 3.10. The van der Waals surface area contributed by atoms with Crippen molar-refractivity contribution in [1.29, 1.82) is 0 Å². The molecule has 0 bridgehead atoms. The third-order valence-corrected chi connectivity index (χ3v) is 3.10. The molecule has 0 saturated heterocycles. The van der Waals surface area contributed by atoms with Gasteiger partial charge in [-0.2, -0.15) is 13.2 Å². The maximum absolute atomic E-state index is 12.9. The first-order chi connectivity index (χ1) is 9.95. The number of aromatic nitrogens is 3. The summed E-state index contributed by atoms with van der Waals surface area (Å²) in [6.45, 7) is 0. The molecule has 0 aliphatic carbocycles. The van der Waals surface area contributed by atoms with E-state index < -0.39 is 11.7 Å². The van der Waals surface area contributed by atoms with Gasteiger partial charge >= 0.3 is 6.18 Å². The van der Waals surface area contributed by atoms with Gasteiger partial charge in [0.1, 0.15) is 5.82 Å². The van der Waals surface area contributed by atoms with Crippen LogP contribution < -0.4 is 5.56 Å². The lowest BCUT2D eigenvalue weighted by molar-refractivity contribution is -0.138. The highest BCUT2D eigenvalue weighted by Gasteiger charge is 2.33. The number of nitrogens with zero attached hydrogens (tertiary/aromatic N) is 2. The Kier molecular flexibility index (Phi) is 3.04. The fourth-order valence-corrected chi connectivity index (χ4v) is 2.18. The molecule has 0 atom stereocenters. The summed E-state index contributed by atoms with van der Waals surface area (Å²) in [4.78, 5) is 15.7. The van der Waals surface area contributed by atoms with Crippen molar-refractivity contribution >= 4 is 5.65 Å². The van der Waals surface area contributed by atoms with Crippen molar-refractivity contribution in [2.45, 2.75) is 12.6 Å². The molecule has 0 spiro atoms. The molecule has 0 aliphatic rings. The van der Waals surface area contributed by atoms with Crippen molar-refractivity contribution in [2.24, 2.45) is 0 Å². The molecule has 0 saturated carbocycles. The van der Waals surface area contributed by atoms with E-state index in [2.05, 4.69) is 10.1 Å². The molecule has 0 unspecified atom stereocenters. The van der Waals surface area contributed by atoms with E-state index in [9.17, 15) is 18.0 Å². The normalized spacial score (nSPS) is 12.0. The summed E-state index contributed by atoms with van der Waals surface area (Å²) in [5, 5.41) is 2.72. The number of rotatable bonds is 2. The van der Waals surface area contributed by atoms with Crippen LogP contribution in [0.1, 0.15) is 17.0 Å². The molecule has 3 aromatic rings. The number of fused-ring (bicyclic) bond motifs is 1. The largest absolute Gasteiger partial charge is 0.416 e. The average molecular weight is 293 g/mol. The Balaban J connectivity index is 2.03. The van der Waals surface area contributed by atoms with E-state index in [-0.39, 0.29) is 17.5 Å². The van der Waals surface area contributed by atoms with Crippen LogP contribution in [-0.4, -0.2) is 14.6 Å². The van der Waals surface area contributed by atoms with Crippen molar-refractivity contribution in [3.8, 4) is 0 Å².